The van der Waals surface area contributed by atoms with Crippen molar-refractivity contribution in [1.29, 1.82) is 0 Å². The van der Waals surface area contributed by atoms with E-state index in [0.717, 1.165) is 17.9 Å². The van der Waals surface area contributed by atoms with E-state index < -0.39 is 23.1 Å². The third-order valence-electron chi connectivity index (χ3n) is 3.25. The monoisotopic (exact) mass is 319 g/mol. The lowest BCUT2D eigenvalue weighted by atomic mass is 9.81. The molecule has 0 aliphatic heterocycles. The number of nitrogens with one attached hydrogen (secondary N) is 1. The lowest BCUT2D eigenvalue weighted by Gasteiger charge is -2.29. The molecule has 0 fully saturated rings. The number of hydrogen-bond donors (Lipinski definition) is 2. The average molecular weight is 319 g/mol. The Morgan fingerprint density at radius 2 is 1.86 bits per heavy atom. The van der Waals surface area contributed by atoms with E-state index in [9.17, 15) is 14.7 Å². The summed E-state index contributed by atoms with van der Waals surface area (Å²) in [5.41, 5.74) is -1.49. The second-order valence-electron chi connectivity index (χ2n) is 6.09. The van der Waals surface area contributed by atoms with E-state index >= 15 is 0 Å². The molecule has 1 amide bonds. The van der Waals surface area contributed by atoms with Gasteiger partial charge in [0.25, 0.3) is 0 Å². The van der Waals surface area contributed by atoms with Gasteiger partial charge in [-0.1, -0.05) is 13.8 Å². The number of amides is 1. The first-order chi connectivity index (χ1) is 9.67. The summed E-state index contributed by atoms with van der Waals surface area (Å²) in [7, 11) is 0. The second kappa shape index (κ2) is 9.18. The summed E-state index contributed by atoms with van der Waals surface area (Å²) in [6.07, 6.45) is 1.30. The third kappa shape index (κ3) is 8.19. The van der Waals surface area contributed by atoms with Gasteiger partial charge in [0, 0.05) is 6.54 Å². The Morgan fingerprint density at radius 3 is 2.29 bits per heavy atom. The minimum atomic E-state index is -0.912. The van der Waals surface area contributed by atoms with Crippen molar-refractivity contribution >= 4 is 23.8 Å². The predicted octanol–water partition coefficient (Wildman–Crippen LogP) is 3.53. The van der Waals surface area contributed by atoms with Crippen molar-refractivity contribution < 1.29 is 19.4 Å². The first-order valence-electron chi connectivity index (χ1n) is 7.45. The van der Waals surface area contributed by atoms with Gasteiger partial charge in [0.1, 0.15) is 5.60 Å². The molecule has 0 radical (unpaired) electrons. The van der Waals surface area contributed by atoms with E-state index in [1.807, 2.05) is 6.92 Å². The smallest absolute Gasteiger partial charge is 0.407 e. The van der Waals surface area contributed by atoms with Gasteiger partial charge in [0.2, 0.25) is 0 Å². The summed E-state index contributed by atoms with van der Waals surface area (Å²) in [5, 5.41) is 12.1. The third-order valence-corrected chi connectivity index (χ3v) is 4.23. The predicted molar refractivity (Wildman–Crippen MR) is 86.8 cm³/mol. The molecule has 2 N–H and O–H groups in total. The van der Waals surface area contributed by atoms with Crippen molar-refractivity contribution in [2.24, 2.45) is 5.41 Å². The van der Waals surface area contributed by atoms with Gasteiger partial charge < -0.3 is 15.2 Å². The van der Waals surface area contributed by atoms with Gasteiger partial charge in [-0.05, 0) is 51.5 Å². The molecular weight excluding hydrogens is 290 g/mol. The largest absolute Gasteiger partial charge is 0.481 e. The summed E-state index contributed by atoms with van der Waals surface area (Å²) in [6, 6.07) is 0. The van der Waals surface area contributed by atoms with Crippen LogP contribution in [0, 0.1) is 5.41 Å². The van der Waals surface area contributed by atoms with Crippen molar-refractivity contribution in [2.45, 2.75) is 59.5 Å². The van der Waals surface area contributed by atoms with Crippen LogP contribution in [0.4, 0.5) is 4.79 Å². The van der Waals surface area contributed by atoms with E-state index in [1.165, 1.54) is 0 Å². The quantitative estimate of drug-likeness (QED) is 0.636. The number of carbonyl (C=O) groups excluding carboxylic acids is 1. The first kappa shape index (κ1) is 20.1. The Balaban J connectivity index is 4.54. The minimum Gasteiger partial charge on any atom is -0.481 e. The molecule has 0 bridgehead atoms. The van der Waals surface area contributed by atoms with Gasteiger partial charge in [0.15, 0.2) is 0 Å². The lowest BCUT2D eigenvalue weighted by molar-refractivity contribution is -0.149. The van der Waals surface area contributed by atoms with Crippen LogP contribution in [0.2, 0.25) is 0 Å². The summed E-state index contributed by atoms with van der Waals surface area (Å²) in [5.74, 6) is 1.11. The van der Waals surface area contributed by atoms with Crippen LogP contribution in [-0.4, -0.2) is 40.8 Å². The molecule has 6 heteroatoms. The fourth-order valence-electron chi connectivity index (χ4n) is 1.94. The van der Waals surface area contributed by atoms with Gasteiger partial charge in [-0.2, -0.15) is 11.8 Å². The molecule has 1 atom stereocenters. The van der Waals surface area contributed by atoms with Crippen molar-refractivity contribution in [3.05, 3.63) is 0 Å². The highest BCUT2D eigenvalue weighted by atomic mass is 32.2. The SMILES string of the molecule is CCSCCCC(CC)(CNC(=O)OC(C)(C)C)C(=O)O. The Bertz CT molecular complexity index is 341. The highest BCUT2D eigenvalue weighted by Gasteiger charge is 2.37. The number of carboxylic acid groups (broad SMARTS) is 1. The summed E-state index contributed by atoms with van der Waals surface area (Å²) in [6.45, 7) is 9.36. The molecule has 5 nitrogen and oxygen atoms in total. The van der Waals surface area contributed by atoms with Gasteiger partial charge in [0.05, 0.1) is 5.41 Å². The zero-order valence-corrected chi connectivity index (χ0v) is 14.6. The van der Waals surface area contributed by atoms with Gasteiger partial charge in [-0.25, -0.2) is 4.79 Å². The number of rotatable bonds is 9. The van der Waals surface area contributed by atoms with Crippen LogP contribution in [0.5, 0.6) is 0 Å². The van der Waals surface area contributed by atoms with E-state index in [-0.39, 0.29) is 6.54 Å². The normalized spacial score (nSPS) is 14.3. The number of alkyl carbamates (subject to hydrolysis) is 1. The average Bonchev–Trinajstić information content (AvgIpc) is 2.36. The van der Waals surface area contributed by atoms with Crippen molar-refractivity contribution in [3.8, 4) is 0 Å². The van der Waals surface area contributed by atoms with Crippen LogP contribution < -0.4 is 5.32 Å². The maximum atomic E-state index is 11.7. The first-order valence-corrected chi connectivity index (χ1v) is 8.60. The molecule has 0 heterocycles. The minimum absolute atomic E-state index is 0.102. The Morgan fingerprint density at radius 1 is 1.24 bits per heavy atom. The Kier molecular flexibility index (Phi) is 8.78. The van der Waals surface area contributed by atoms with Crippen molar-refractivity contribution in [2.75, 3.05) is 18.1 Å². The van der Waals surface area contributed by atoms with Crippen LogP contribution >= 0.6 is 11.8 Å². The molecule has 0 aliphatic carbocycles. The molecule has 0 rings (SSSR count). The van der Waals surface area contributed by atoms with E-state index in [0.29, 0.717) is 12.8 Å². The molecule has 0 aromatic heterocycles. The van der Waals surface area contributed by atoms with Crippen LogP contribution in [0.15, 0.2) is 0 Å². The van der Waals surface area contributed by atoms with Gasteiger partial charge in [-0.3, -0.25) is 4.79 Å². The summed E-state index contributed by atoms with van der Waals surface area (Å²) >= 11 is 1.80. The maximum absolute atomic E-state index is 11.7. The van der Waals surface area contributed by atoms with E-state index in [4.69, 9.17) is 4.74 Å². The molecular formula is C15H29NO4S. The molecule has 0 aromatic rings. The zero-order chi connectivity index (χ0) is 16.5. The number of hydrogen-bond acceptors (Lipinski definition) is 4. The standard InChI is InChI=1S/C15H29NO4S/c1-6-15(12(17)18,9-8-10-21-7-2)11-16-13(19)20-14(3,4)5/h6-11H2,1-5H3,(H,16,19)(H,17,18). The summed E-state index contributed by atoms with van der Waals surface area (Å²) in [4.78, 5) is 23.3. The molecule has 1 unspecified atom stereocenters. The number of thioether (sulfide) groups is 1. The Hall–Kier alpha value is -0.910. The second-order valence-corrected chi connectivity index (χ2v) is 7.49. The highest BCUT2D eigenvalue weighted by Crippen LogP contribution is 2.29. The van der Waals surface area contributed by atoms with Gasteiger partial charge in [-0.15, -0.1) is 0 Å². The van der Waals surface area contributed by atoms with E-state index in [2.05, 4.69) is 12.2 Å². The fourth-order valence-corrected chi connectivity index (χ4v) is 2.57. The number of ether oxygens (including phenoxy) is 1. The molecule has 124 valence electrons. The number of carboxylic acids is 1. The van der Waals surface area contributed by atoms with Crippen LogP contribution in [0.3, 0.4) is 0 Å². The summed E-state index contributed by atoms with van der Waals surface area (Å²) < 4.78 is 5.15. The molecule has 0 saturated heterocycles. The van der Waals surface area contributed by atoms with Crippen LogP contribution in [-0.2, 0) is 9.53 Å². The van der Waals surface area contributed by atoms with Crippen molar-refractivity contribution in [3.63, 3.8) is 0 Å². The van der Waals surface area contributed by atoms with Crippen LogP contribution in [0.25, 0.3) is 0 Å². The topological polar surface area (TPSA) is 75.6 Å². The highest BCUT2D eigenvalue weighted by molar-refractivity contribution is 7.99. The van der Waals surface area contributed by atoms with Crippen molar-refractivity contribution in [1.82, 2.24) is 5.32 Å². The number of aliphatic carboxylic acids is 1. The molecule has 21 heavy (non-hydrogen) atoms. The molecule has 0 aliphatic rings. The molecule has 0 saturated carbocycles. The number of carbonyl (C=O) groups is 2. The maximum Gasteiger partial charge on any atom is 0.407 e. The molecule has 0 spiro atoms. The zero-order valence-electron chi connectivity index (χ0n) is 13.8. The van der Waals surface area contributed by atoms with Crippen LogP contribution in [0.1, 0.15) is 53.9 Å². The van der Waals surface area contributed by atoms with Gasteiger partial charge >= 0.3 is 12.1 Å². The molecule has 0 aromatic carbocycles. The lowest BCUT2D eigenvalue weighted by Crippen LogP contribution is -2.44. The Labute approximate surface area is 132 Å². The van der Waals surface area contributed by atoms with E-state index in [1.54, 1.807) is 32.5 Å². The fraction of sp³-hybridized carbons (Fsp3) is 0.867.